The molecule has 0 fully saturated rings. The third-order valence-electron chi connectivity index (χ3n) is 4.13. The molecule has 0 heterocycles. The second kappa shape index (κ2) is 13.8. The lowest BCUT2D eigenvalue weighted by molar-refractivity contribution is -0.0498. The van der Waals surface area contributed by atoms with Gasteiger partial charge in [-0.1, -0.05) is 24.3 Å². The second-order valence-electron chi connectivity index (χ2n) is 6.32. The van der Waals surface area contributed by atoms with Crippen LogP contribution in [0.1, 0.15) is 34.5 Å². The normalized spacial score (nSPS) is 12.0. The molecular weight excluding hydrogens is 521 g/mol. The van der Waals surface area contributed by atoms with Crippen LogP contribution in [0.4, 0.5) is 8.78 Å². The minimum atomic E-state index is -2.89. The first-order valence-corrected chi connectivity index (χ1v) is 9.49. The van der Waals surface area contributed by atoms with E-state index in [1.54, 1.807) is 25.2 Å². The smallest absolute Gasteiger partial charge is 0.387 e. The van der Waals surface area contributed by atoms with Gasteiger partial charge in [-0.25, -0.2) is 4.99 Å². The topological polar surface area (TPSA) is 95.0 Å². The molecule has 0 aromatic heterocycles. The first-order valence-electron chi connectivity index (χ1n) is 9.49. The summed E-state index contributed by atoms with van der Waals surface area (Å²) in [6, 6.07) is 13.0. The van der Waals surface area contributed by atoms with E-state index in [9.17, 15) is 18.7 Å². The lowest BCUT2D eigenvalue weighted by Crippen LogP contribution is -2.39. The quantitative estimate of drug-likeness (QED) is 0.220. The van der Waals surface area contributed by atoms with Gasteiger partial charge in [0.15, 0.2) is 5.96 Å². The summed E-state index contributed by atoms with van der Waals surface area (Å²) in [5.74, 6) is 0.362. The molecule has 0 aliphatic carbocycles. The number of guanidine groups is 1. The Morgan fingerprint density at radius 3 is 2.48 bits per heavy atom. The number of halogens is 3. The van der Waals surface area contributed by atoms with Crippen LogP contribution < -0.4 is 20.7 Å². The van der Waals surface area contributed by atoms with Crippen molar-refractivity contribution in [2.75, 3.05) is 20.1 Å². The number of aliphatic imine (C=N–C) groups is 1. The number of hydrogen-bond acceptors (Lipinski definition) is 4. The predicted molar refractivity (Wildman–Crippen MR) is 126 cm³/mol. The fraction of sp³-hybridized carbons (Fsp3) is 0.333. The number of alkyl halides is 2. The van der Waals surface area contributed by atoms with E-state index in [0.717, 1.165) is 5.56 Å². The molecule has 31 heavy (non-hydrogen) atoms. The lowest BCUT2D eigenvalue weighted by atomic mass is 10.1. The highest BCUT2D eigenvalue weighted by Crippen LogP contribution is 2.19. The summed E-state index contributed by atoms with van der Waals surface area (Å²) in [5, 5.41) is 19.1. The molecule has 7 nitrogen and oxygen atoms in total. The summed E-state index contributed by atoms with van der Waals surface area (Å²) in [6.07, 6.45) is -0.869. The van der Waals surface area contributed by atoms with E-state index in [-0.39, 0.29) is 42.2 Å². The lowest BCUT2D eigenvalue weighted by Gasteiger charge is -2.16. The fourth-order valence-corrected chi connectivity index (χ4v) is 2.65. The van der Waals surface area contributed by atoms with E-state index in [1.807, 2.05) is 13.0 Å². The number of benzene rings is 2. The number of aliphatic hydroxyl groups is 1. The van der Waals surface area contributed by atoms with Crippen LogP contribution in [0.25, 0.3) is 0 Å². The highest BCUT2D eigenvalue weighted by molar-refractivity contribution is 14.0. The predicted octanol–water partition coefficient (Wildman–Crippen LogP) is 3.05. The van der Waals surface area contributed by atoms with Crippen LogP contribution in [0.3, 0.4) is 0 Å². The van der Waals surface area contributed by atoms with Crippen LogP contribution in [0.15, 0.2) is 53.5 Å². The highest BCUT2D eigenvalue weighted by atomic mass is 127. The highest BCUT2D eigenvalue weighted by Gasteiger charge is 2.10. The summed E-state index contributed by atoms with van der Waals surface area (Å²) in [7, 11) is 1.57. The van der Waals surface area contributed by atoms with E-state index >= 15 is 0 Å². The molecule has 0 saturated carbocycles. The van der Waals surface area contributed by atoms with Gasteiger partial charge in [0, 0.05) is 25.7 Å². The molecule has 2 aromatic carbocycles. The number of nitrogens with zero attached hydrogens (tertiary/aromatic N) is 1. The summed E-state index contributed by atoms with van der Waals surface area (Å²) in [5.41, 5.74) is 1.97. The van der Waals surface area contributed by atoms with Crippen molar-refractivity contribution in [1.29, 1.82) is 0 Å². The van der Waals surface area contributed by atoms with Crippen LogP contribution in [-0.4, -0.2) is 43.7 Å². The summed E-state index contributed by atoms with van der Waals surface area (Å²) in [6.45, 7) is 0.162. The molecule has 1 atom stereocenters. The Morgan fingerprint density at radius 2 is 1.87 bits per heavy atom. The van der Waals surface area contributed by atoms with Crippen molar-refractivity contribution in [2.24, 2.45) is 4.99 Å². The first kappa shape index (κ1) is 26.6. The summed E-state index contributed by atoms with van der Waals surface area (Å²) in [4.78, 5) is 16.2. The molecule has 2 aromatic rings. The second-order valence-corrected chi connectivity index (χ2v) is 6.32. The maximum Gasteiger partial charge on any atom is 0.387 e. The van der Waals surface area contributed by atoms with E-state index in [0.29, 0.717) is 30.2 Å². The first-order chi connectivity index (χ1) is 14.4. The number of carbonyl (C=O) groups excluding carboxylic acids is 1. The third kappa shape index (κ3) is 9.05. The molecule has 2 rings (SSSR count). The van der Waals surface area contributed by atoms with Gasteiger partial charge in [-0.15, -0.1) is 24.0 Å². The number of aliphatic hydroxyl groups excluding tert-OH is 1. The average Bonchev–Trinajstić information content (AvgIpc) is 2.75. The maximum atomic E-state index is 12.2. The molecule has 0 aliphatic rings. The van der Waals surface area contributed by atoms with Gasteiger partial charge < -0.3 is 25.8 Å². The van der Waals surface area contributed by atoms with Crippen molar-refractivity contribution >= 4 is 35.8 Å². The van der Waals surface area contributed by atoms with E-state index < -0.39 is 12.7 Å². The van der Waals surface area contributed by atoms with E-state index in [1.165, 1.54) is 24.3 Å². The van der Waals surface area contributed by atoms with Crippen molar-refractivity contribution in [1.82, 2.24) is 16.0 Å². The van der Waals surface area contributed by atoms with Crippen LogP contribution in [0.5, 0.6) is 5.75 Å². The van der Waals surface area contributed by atoms with Gasteiger partial charge in [-0.05, 0) is 42.3 Å². The average molecular weight is 548 g/mol. The van der Waals surface area contributed by atoms with Gasteiger partial charge in [-0.2, -0.15) is 8.78 Å². The molecule has 0 spiro atoms. The van der Waals surface area contributed by atoms with Crippen molar-refractivity contribution < 1.29 is 23.4 Å². The number of carbonyl (C=O) groups is 1. The number of amides is 1. The molecule has 0 saturated heterocycles. The van der Waals surface area contributed by atoms with Crippen LogP contribution in [0.2, 0.25) is 0 Å². The Balaban J connectivity index is 0.00000480. The zero-order chi connectivity index (χ0) is 21.9. The zero-order valence-electron chi connectivity index (χ0n) is 17.3. The molecule has 0 radical (unpaired) electrons. The monoisotopic (exact) mass is 548 g/mol. The Labute approximate surface area is 197 Å². The molecular formula is C21H27F2IN4O3. The Hall–Kier alpha value is -2.47. The van der Waals surface area contributed by atoms with Crippen molar-refractivity contribution in [3.05, 3.63) is 65.2 Å². The molecule has 4 N–H and O–H groups in total. The van der Waals surface area contributed by atoms with Gasteiger partial charge in [0.1, 0.15) is 5.75 Å². The molecule has 1 amide bonds. The van der Waals surface area contributed by atoms with Gasteiger partial charge in [0.2, 0.25) is 0 Å². The van der Waals surface area contributed by atoms with E-state index in [2.05, 4.69) is 25.7 Å². The molecule has 0 bridgehead atoms. The van der Waals surface area contributed by atoms with Crippen molar-refractivity contribution in [2.45, 2.75) is 26.2 Å². The van der Waals surface area contributed by atoms with Crippen molar-refractivity contribution in [3.8, 4) is 5.75 Å². The number of rotatable bonds is 9. The fourth-order valence-electron chi connectivity index (χ4n) is 2.65. The minimum absolute atomic E-state index is 0. The van der Waals surface area contributed by atoms with Crippen LogP contribution in [0, 0.1) is 0 Å². The maximum absolute atomic E-state index is 12.2. The van der Waals surface area contributed by atoms with Crippen LogP contribution >= 0.6 is 24.0 Å². The van der Waals surface area contributed by atoms with E-state index in [4.69, 9.17) is 0 Å². The Morgan fingerprint density at radius 1 is 1.16 bits per heavy atom. The van der Waals surface area contributed by atoms with Gasteiger partial charge >= 0.3 is 6.61 Å². The molecule has 170 valence electrons. The third-order valence-corrected chi connectivity index (χ3v) is 4.13. The van der Waals surface area contributed by atoms with Crippen LogP contribution in [-0.2, 0) is 6.54 Å². The number of hydrogen-bond donors (Lipinski definition) is 4. The van der Waals surface area contributed by atoms with Crippen molar-refractivity contribution in [3.63, 3.8) is 0 Å². The number of ether oxygens (including phenoxy) is 1. The summed E-state index contributed by atoms with van der Waals surface area (Å²) >= 11 is 0. The van der Waals surface area contributed by atoms with Gasteiger partial charge in [0.05, 0.1) is 12.6 Å². The standard InChI is InChI=1S/C21H26F2N4O3.HI/c1-3-25-21(26-12-14-5-4-6-16(11-14)19(29)24-2)27-13-18(28)15-7-9-17(10-8-15)30-20(22)23;/h4-11,18,20,28H,3,12-13H2,1-2H3,(H,24,29)(H2,25,26,27);1H. The molecule has 10 heteroatoms. The number of nitrogens with one attached hydrogen (secondary N) is 3. The largest absolute Gasteiger partial charge is 0.435 e. The SMILES string of the molecule is CCNC(=NCc1cccc(C(=O)NC)c1)NCC(O)c1ccc(OC(F)F)cc1.I. The summed E-state index contributed by atoms with van der Waals surface area (Å²) < 4.78 is 28.7. The molecule has 1 unspecified atom stereocenters. The Kier molecular flexibility index (Phi) is 11.8. The Bertz CT molecular complexity index is 851. The van der Waals surface area contributed by atoms with Gasteiger partial charge in [0.25, 0.3) is 5.91 Å². The minimum Gasteiger partial charge on any atom is -0.435 e. The molecule has 0 aliphatic heterocycles. The van der Waals surface area contributed by atoms with Gasteiger partial charge in [-0.3, -0.25) is 4.79 Å². The zero-order valence-corrected chi connectivity index (χ0v) is 19.6.